The van der Waals surface area contributed by atoms with E-state index in [9.17, 15) is 19.7 Å². The third-order valence-corrected chi connectivity index (χ3v) is 5.99. The molecule has 2 heterocycles. The number of hydrogen-bond donors (Lipinski definition) is 2. The molecule has 0 radical (unpaired) electrons. The van der Waals surface area contributed by atoms with Crippen molar-refractivity contribution in [1.82, 2.24) is 9.97 Å². The van der Waals surface area contributed by atoms with Crippen LogP contribution >= 0.6 is 11.3 Å². The number of fused-ring (bicyclic) bond motifs is 3. The quantitative estimate of drug-likeness (QED) is 0.505. The Bertz CT molecular complexity index is 1130. The number of carbonyl (C=O) groups is 1. The SMILES string of the molecule is O=C(CCc1nc2sc3c(c2c(=O)[nH]1)CCCC3)Nc1cccc([N+](=O)[O-])c1. The number of thiophene rings is 1. The molecule has 0 spiro atoms. The van der Waals surface area contributed by atoms with E-state index in [0.717, 1.165) is 36.1 Å². The minimum absolute atomic E-state index is 0.0871. The van der Waals surface area contributed by atoms with E-state index in [-0.39, 0.29) is 30.0 Å². The molecule has 28 heavy (non-hydrogen) atoms. The van der Waals surface area contributed by atoms with Gasteiger partial charge in [0.05, 0.1) is 10.3 Å². The van der Waals surface area contributed by atoms with Gasteiger partial charge in [-0.25, -0.2) is 4.98 Å². The van der Waals surface area contributed by atoms with E-state index < -0.39 is 4.92 Å². The number of nitro benzene ring substituents is 1. The molecule has 0 saturated carbocycles. The van der Waals surface area contributed by atoms with Gasteiger partial charge in [0.15, 0.2) is 0 Å². The van der Waals surface area contributed by atoms with Crippen molar-refractivity contribution in [3.63, 3.8) is 0 Å². The maximum Gasteiger partial charge on any atom is 0.271 e. The first-order valence-electron chi connectivity index (χ1n) is 9.09. The number of rotatable bonds is 5. The summed E-state index contributed by atoms with van der Waals surface area (Å²) in [7, 11) is 0. The number of anilines is 1. The number of amides is 1. The maximum atomic E-state index is 12.5. The molecule has 4 rings (SSSR count). The Labute approximate surface area is 163 Å². The van der Waals surface area contributed by atoms with Crippen molar-refractivity contribution in [1.29, 1.82) is 0 Å². The van der Waals surface area contributed by atoms with Crippen LogP contribution in [0.3, 0.4) is 0 Å². The van der Waals surface area contributed by atoms with Gasteiger partial charge >= 0.3 is 0 Å². The Morgan fingerprint density at radius 2 is 2.14 bits per heavy atom. The van der Waals surface area contributed by atoms with Gasteiger partial charge in [-0.15, -0.1) is 11.3 Å². The summed E-state index contributed by atoms with van der Waals surface area (Å²) < 4.78 is 0. The maximum absolute atomic E-state index is 12.5. The predicted molar refractivity (Wildman–Crippen MR) is 107 cm³/mol. The number of non-ortho nitro benzene ring substituents is 1. The van der Waals surface area contributed by atoms with Gasteiger partial charge in [0, 0.05) is 35.5 Å². The number of aryl methyl sites for hydroxylation is 3. The number of carbonyl (C=O) groups excluding carboxylic acids is 1. The van der Waals surface area contributed by atoms with Crippen molar-refractivity contribution >= 4 is 38.8 Å². The zero-order chi connectivity index (χ0) is 19.7. The number of H-pyrrole nitrogens is 1. The standard InChI is InChI=1S/C19H18N4O4S/c24-16(20-11-4-3-5-12(10-11)23(26)27)9-8-15-21-18(25)17-13-6-1-2-7-14(13)28-19(17)22-15/h3-5,10H,1-2,6-9H2,(H,20,24)(H,21,22,25). The normalized spacial score (nSPS) is 13.3. The Hall–Kier alpha value is -3.07. The second-order valence-electron chi connectivity index (χ2n) is 6.76. The summed E-state index contributed by atoms with van der Waals surface area (Å²) in [4.78, 5) is 44.3. The van der Waals surface area contributed by atoms with E-state index in [1.54, 1.807) is 17.4 Å². The van der Waals surface area contributed by atoms with E-state index >= 15 is 0 Å². The molecule has 9 heteroatoms. The average molecular weight is 398 g/mol. The highest BCUT2D eigenvalue weighted by Gasteiger charge is 2.20. The summed E-state index contributed by atoms with van der Waals surface area (Å²) in [6, 6.07) is 5.77. The highest BCUT2D eigenvalue weighted by molar-refractivity contribution is 7.18. The molecule has 1 aliphatic rings. The third-order valence-electron chi connectivity index (χ3n) is 4.80. The lowest BCUT2D eigenvalue weighted by molar-refractivity contribution is -0.384. The fourth-order valence-electron chi connectivity index (χ4n) is 3.48. The van der Waals surface area contributed by atoms with Crippen LogP contribution in [0.4, 0.5) is 11.4 Å². The summed E-state index contributed by atoms with van der Waals surface area (Å²) in [6.45, 7) is 0. The number of nitrogens with one attached hydrogen (secondary N) is 2. The van der Waals surface area contributed by atoms with Gasteiger partial charge in [0.1, 0.15) is 10.7 Å². The first-order valence-corrected chi connectivity index (χ1v) is 9.90. The lowest BCUT2D eigenvalue weighted by atomic mass is 9.97. The number of hydrogen-bond acceptors (Lipinski definition) is 6. The van der Waals surface area contributed by atoms with Crippen LogP contribution in [0.25, 0.3) is 10.2 Å². The number of benzene rings is 1. The van der Waals surface area contributed by atoms with Gasteiger partial charge in [0.25, 0.3) is 11.2 Å². The number of nitro groups is 1. The number of nitrogens with zero attached hydrogens (tertiary/aromatic N) is 2. The van der Waals surface area contributed by atoms with Gasteiger partial charge in [0.2, 0.25) is 5.91 Å². The van der Waals surface area contributed by atoms with Crippen LogP contribution in [0, 0.1) is 10.1 Å². The molecule has 1 amide bonds. The molecule has 3 aromatic rings. The highest BCUT2D eigenvalue weighted by atomic mass is 32.1. The van der Waals surface area contributed by atoms with E-state index in [2.05, 4.69) is 15.3 Å². The lowest BCUT2D eigenvalue weighted by Gasteiger charge is -2.09. The van der Waals surface area contributed by atoms with Gasteiger partial charge in [-0.2, -0.15) is 0 Å². The smallest absolute Gasteiger partial charge is 0.271 e. The Morgan fingerprint density at radius 3 is 2.96 bits per heavy atom. The molecule has 2 aromatic heterocycles. The van der Waals surface area contributed by atoms with Crippen molar-refractivity contribution in [2.75, 3.05) is 5.32 Å². The van der Waals surface area contributed by atoms with Gasteiger partial charge < -0.3 is 10.3 Å². The number of aromatic nitrogens is 2. The molecule has 0 aliphatic heterocycles. The molecule has 0 bridgehead atoms. The van der Waals surface area contributed by atoms with Crippen LogP contribution in [-0.2, 0) is 24.1 Å². The lowest BCUT2D eigenvalue weighted by Crippen LogP contribution is -2.16. The van der Waals surface area contributed by atoms with Crippen LogP contribution < -0.4 is 10.9 Å². The van der Waals surface area contributed by atoms with E-state index in [1.807, 2.05) is 0 Å². The monoisotopic (exact) mass is 398 g/mol. The molecule has 1 aliphatic carbocycles. The van der Waals surface area contributed by atoms with E-state index in [0.29, 0.717) is 16.9 Å². The largest absolute Gasteiger partial charge is 0.326 e. The van der Waals surface area contributed by atoms with Gasteiger partial charge in [-0.05, 0) is 37.3 Å². The second-order valence-corrected chi connectivity index (χ2v) is 7.84. The topological polar surface area (TPSA) is 118 Å². The molecule has 2 N–H and O–H groups in total. The van der Waals surface area contributed by atoms with E-state index in [4.69, 9.17) is 0 Å². The van der Waals surface area contributed by atoms with Crippen LogP contribution in [0.15, 0.2) is 29.1 Å². The zero-order valence-electron chi connectivity index (χ0n) is 15.0. The molecule has 144 valence electrons. The summed E-state index contributed by atoms with van der Waals surface area (Å²) >= 11 is 1.57. The van der Waals surface area contributed by atoms with Crippen molar-refractivity contribution in [3.05, 3.63) is 61.0 Å². The van der Waals surface area contributed by atoms with Crippen LogP contribution in [0.2, 0.25) is 0 Å². The molecule has 0 unspecified atom stereocenters. The van der Waals surface area contributed by atoms with Crippen LogP contribution in [0.5, 0.6) is 0 Å². The van der Waals surface area contributed by atoms with Crippen LogP contribution in [-0.4, -0.2) is 20.8 Å². The van der Waals surface area contributed by atoms with Gasteiger partial charge in [-0.1, -0.05) is 6.07 Å². The van der Waals surface area contributed by atoms with Crippen molar-refractivity contribution in [3.8, 4) is 0 Å². The first kappa shape index (κ1) is 18.3. The fraction of sp³-hybridized carbons (Fsp3) is 0.316. The summed E-state index contributed by atoms with van der Waals surface area (Å²) in [5, 5.41) is 14.2. The molecular weight excluding hydrogens is 380 g/mol. The highest BCUT2D eigenvalue weighted by Crippen LogP contribution is 2.33. The third kappa shape index (κ3) is 3.65. The molecular formula is C19H18N4O4S. The van der Waals surface area contributed by atoms with Crippen molar-refractivity contribution in [2.45, 2.75) is 38.5 Å². The minimum Gasteiger partial charge on any atom is -0.326 e. The Balaban J connectivity index is 1.47. The van der Waals surface area contributed by atoms with Crippen LogP contribution in [0.1, 0.15) is 35.5 Å². The average Bonchev–Trinajstić information content (AvgIpc) is 3.05. The molecule has 0 saturated heterocycles. The van der Waals surface area contributed by atoms with Crippen molar-refractivity contribution in [2.24, 2.45) is 0 Å². The predicted octanol–water partition coefficient (Wildman–Crippen LogP) is 3.34. The second kappa shape index (κ2) is 7.51. The van der Waals surface area contributed by atoms with Crippen molar-refractivity contribution < 1.29 is 9.72 Å². The number of aromatic amines is 1. The Morgan fingerprint density at radius 1 is 1.32 bits per heavy atom. The fourth-order valence-corrected chi connectivity index (χ4v) is 4.76. The summed E-state index contributed by atoms with van der Waals surface area (Å²) in [5.41, 5.74) is 1.27. The molecule has 1 aromatic carbocycles. The first-order chi connectivity index (χ1) is 13.5. The zero-order valence-corrected chi connectivity index (χ0v) is 15.8. The minimum atomic E-state index is -0.514. The van der Waals surface area contributed by atoms with Gasteiger partial charge in [-0.3, -0.25) is 19.7 Å². The van der Waals surface area contributed by atoms with E-state index in [1.165, 1.54) is 23.1 Å². The summed E-state index contributed by atoms with van der Waals surface area (Å²) in [5.74, 6) is 0.180. The summed E-state index contributed by atoms with van der Waals surface area (Å²) in [6.07, 6.45) is 4.55. The Kier molecular flexibility index (Phi) is 4.91. The molecule has 0 fully saturated rings. The molecule has 0 atom stereocenters. The molecule has 8 nitrogen and oxygen atoms in total.